The molecule has 0 N–H and O–H groups in total. The minimum Gasteiger partial charge on any atom is -0.0877 e. The molecule has 0 fully saturated rings. The van der Waals surface area contributed by atoms with Crippen LogP contribution >= 0.6 is 0 Å². The van der Waals surface area contributed by atoms with Crippen molar-refractivity contribution >= 4 is 0 Å². The highest BCUT2D eigenvalue weighted by atomic mass is 14.0. The van der Waals surface area contributed by atoms with E-state index < -0.39 is 0 Å². The fourth-order valence-electron chi connectivity index (χ4n) is 1.11. The van der Waals surface area contributed by atoms with Gasteiger partial charge < -0.3 is 0 Å². The van der Waals surface area contributed by atoms with Gasteiger partial charge in [0, 0.05) is 0 Å². The van der Waals surface area contributed by atoms with Crippen LogP contribution in [-0.4, -0.2) is 0 Å². The van der Waals surface area contributed by atoms with Crippen molar-refractivity contribution in [3.8, 4) is 0 Å². The van der Waals surface area contributed by atoms with Gasteiger partial charge in [-0.25, -0.2) is 0 Å². The lowest BCUT2D eigenvalue weighted by molar-refractivity contribution is 1.13. The molecule has 0 aromatic heterocycles. The first-order valence-corrected chi connectivity index (χ1v) is 3.98. The SMILES string of the molecule is C/C=C\C=C1\C=CC=C(C)C1. The molecule has 0 unspecified atom stereocenters. The Bertz CT molecular complexity index is 237. The van der Waals surface area contributed by atoms with Crippen molar-refractivity contribution in [2.75, 3.05) is 0 Å². The summed E-state index contributed by atoms with van der Waals surface area (Å²) in [7, 11) is 0. The molecule has 0 aromatic carbocycles. The maximum atomic E-state index is 2.16. The van der Waals surface area contributed by atoms with Gasteiger partial charge in [-0.05, 0) is 25.8 Å². The van der Waals surface area contributed by atoms with Crippen molar-refractivity contribution in [1.29, 1.82) is 0 Å². The van der Waals surface area contributed by atoms with Gasteiger partial charge in [-0.2, -0.15) is 0 Å². The van der Waals surface area contributed by atoms with Gasteiger partial charge in [-0.1, -0.05) is 42.0 Å². The van der Waals surface area contributed by atoms with E-state index in [1.165, 1.54) is 11.1 Å². The van der Waals surface area contributed by atoms with Crippen LogP contribution in [0.25, 0.3) is 0 Å². The van der Waals surface area contributed by atoms with Crippen LogP contribution < -0.4 is 0 Å². The summed E-state index contributed by atoms with van der Waals surface area (Å²) in [6.07, 6.45) is 13.8. The van der Waals surface area contributed by atoms with Crippen LogP contribution in [0.1, 0.15) is 20.3 Å². The highest BCUT2D eigenvalue weighted by Crippen LogP contribution is 2.16. The molecule has 0 atom stereocenters. The number of hydrogen-bond acceptors (Lipinski definition) is 0. The molecule has 1 aliphatic carbocycles. The Morgan fingerprint density at radius 2 is 2.27 bits per heavy atom. The van der Waals surface area contributed by atoms with Crippen molar-refractivity contribution in [1.82, 2.24) is 0 Å². The molecule has 0 bridgehead atoms. The summed E-state index contributed by atoms with van der Waals surface area (Å²) in [6.45, 7) is 4.19. The second-order valence-corrected chi connectivity index (χ2v) is 2.82. The zero-order valence-electron chi connectivity index (χ0n) is 7.17. The molecule has 0 heteroatoms. The first-order chi connectivity index (χ1) is 5.33. The first-order valence-electron chi connectivity index (χ1n) is 3.98. The Kier molecular flexibility index (Phi) is 2.91. The van der Waals surface area contributed by atoms with Crippen LogP contribution in [0.15, 0.2) is 47.6 Å². The Balaban J connectivity index is 2.65. The van der Waals surface area contributed by atoms with E-state index in [-0.39, 0.29) is 0 Å². The van der Waals surface area contributed by atoms with Crippen molar-refractivity contribution in [3.63, 3.8) is 0 Å². The Labute approximate surface area is 68.6 Å². The average molecular weight is 146 g/mol. The molecule has 58 valence electrons. The van der Waals surface area contributed by atoms with E-state index in [4.69, 9.17) is 0 Å². The van der Waals surface area contributed by atoms with E-state index in [1.54, 1.807) is 0 Å². The van der Waals surface area contributed by atoms with Gasteiger partial charge in [0.05, 0.1) is 0 Å². The largest absolute Gasteiger partial charge is 0.0877 e. The molecule has 0 heterocycles. The molecular weight excluding hydrogens is 132 g/mol. The first kappa shape index (κ1) is 8.06. The molecule has 1 rings (SSSR count). The molecule has 0 aromatic rings. The molecule has 0 nitrogen and oxygen atoms in total. The third-order valence-electron chi connectivity index (χ3n) is 1.68. The summed E-state index contributed by atoms with van der Waals surface area (Å²) in [6, 6.07) is 0. The van der Waals surface area contributed by atoms with E-state index in [9.17, 15) is 0 Å². The number of rotatable bonds is 1. The predicted octanol–water partition coefficient (Wildman–Crippen LogP) is 3.40. The molecule has 0 spiro atoms. The van der Waals surface area contributed by atoms with Crippen molar-refractivity contribution in [3.05, 3.63) is 47.6 Å². The average Bonchev–Trinajstić information content (AvgIpc) is 2.01. The topological polar surface area (TPSA) is 0 Å². The minimum absolute atomic E-state index is 1.10. The van der Waals surface area contributed by atoms with Crippen LogP contribution in [0.2, 0.25) is 0 Å². The van der Waals surface area contributed by atoms with Gasteiger partial charge in [-0.3, -0.25) is 0 Å². The second kappa shape index (κ2) is 3.97. The molecule has 0 radical (unpaired) electrons. The summed E-state index contributed by atoms with van der Waals surface area (Å²) in [5, 5.41) is 0. The lowest BCUT2D eigenvalue weighted by Crippen LogP contribution is -1.85. The standard InChI is InChI=1S/C11H14/c1-3-4-7-11-8-5-6-10(2)9-11/h3-8H,9H2,1-2H3/b4-3-,11-7-. The quantitative estimate of drug-likeness (QED) is 0.532. The fraction of sp³-hybridized carbons (Fsp3) is 0.273. The van der Waals surface area contributed by atoms with E-state index in [2.05, 4.69) is 43.4 Å². The van der Waals surface area contributed by atoms with Crippen LogP contribution in [0.4, 0.5) is 0 Å². The summed E-state index contributed by atoms with van der Waals surface area (Å²) >= 11 is 0. The third kappa shape index (κ3) is 2.58. The highest BCUT2D eigenvalue weighted by Gasteiger charge is 1.96. The molecular formula is C11H14. The van der Waals surface area contributed by atoms with E-state index in [1.807, 2.05) is 6.92 Å². The molecule has 0 aliphatic heterocycles. The normalized spacial score (nSPS) is 21.3. The summed E-state index contributed by atoms with van der Waals surface area (Å²) < 4.78 is 0. The van der Waals surface area contributed by atoms with Gasteiger partial charge in [-0.15, -0.1) is 0 Å². The van der Waals surface area contributed by atoms with Gasteiger partial charge in [0.15, 0.2) is 0 Å². The fourth-order valence-corrected chi connectivity index (χ4v) is 1.11. The van der Waals surface area contributed by atoms with Crippen molar-refractivity contribution < 1.29 is 0 Å². The van der Waals surface area contributed by atoms with Crippen LogP contribution in [-0.2, 0) is 0 Å². The Hall–Kier alpha value is -1.04. The monoisotopic (exact) mass is 146 g/mol. The Morgan fingerprint density at radius 1 is 1.45 bits per heavy atom. The van der Waals surface area contributed by atoms with Gasteiger partial charge in [0.2, 0.25) is 0 Å². The zero-order chi connectivity index (χ0) is 8.10. The summed E-state index contributed by atoms with van der Waals surface area (Å²) in [5.41, 5.74) is 2.83. The van der Waals surface area contributed by atoms with Crippen LogP contribution in [0.3, 0.4) is 0 Å². The van der Waals surface area contributed by atoms with Crippen LogP contribution in [0.5, 0.6) is 0 Å². The highest BCUT2D eigenvalue weighted by molar-refractivity contribution is 5.35. The smallest absolute Gasteiger partial charge is 0.00668 e. The molecule has 0 amide bonds. The van der Waals surface area contributed by atoms with Gasteiger partial charge in [0.25, 0.3) is 0 Å². The van der Waals surface area contributed by atoms with Gasteiger partial charge >= 0.3 is 0 Å². The van der Waals surface area contributed by atoms with E-state index >= 15 is 0 Å². The number of allylic oxidation sites excluding steroid dienone is 8. The lowest BCUT2D eigenvalue weighted by Gasteiger charge is -2.05. The van der Waals surface area contributed by atoms with E-state index in [0.29, 0.717) is 0 Å². The molecule has 0 saturated heterocycles. The molecule has 1 aliphatic rings. The third-order valence-corrected chi connectivity index (χ3v) is 1.68. The van der Waals surface area contributed by atoms with Crippen LogP contribution in [0, 0.1) is 0 Å². The lowest BCUT2D eigenvalue weighted by atomic mass is 10.0. The number of hydrogen-bond donors (Lipinski definition) is 0. The maximum Gasteiger partial charge on any atom is -0.00668 e. The van der Waals surface area contributed by atoms with E-state index in [0.717, 1.165) is 6.42 Å². The summed E-state index contributed by atoms with van der Waals surface area (Å²) in [5.74, 6) is 0. The van der Waals surface area contributed by atoms with Gasteiger partial charge in [0.1, 0.15) is 0 Å². The predicted molar refractivity (Wildman–Crippen MR) is 50.4 cm³/mol. The summed E-state index contributed by atoms with van der Waals surface area (Å²) in [4.78, 5) is 0. The van der Waals surface area contributed by atoms with Crippen molar-refractivity contribution in [2.45, 2.75) is 20.3 Å². The molecule has 11 heavy (non-hydrogen) atoms. The van der Waals surface area contributed by atoms with Crippen molar-refractivity contribution in [2.24, 2.45) is 0 Å². The zero-order valence-corrected chi connectivity index (χ0v) is 7.17. The second-order valence-electron chi connectivity index (χ2n) is 2.82. The Morgan fingerprint density at radius 3 is 2.91 bits per heavy atom. The molecule has 0 saturated carbocycles. The maximum absolute atomic E-state index is 2.16. The minimum atomic E-state index is 1.10.